The molecule has 0 radical (unpaired) electrons. The number of benzene rings is 1. The second-order valence-electron chi connectivity index (χ2n) is 10.4. The van der Waals surface area contributed by atoms with Gasteiger partial charge in [0.05, 0.1) is 6.10 Å². The van der Waals surface area contributed by atoms with Crippen molar-refractivity contribution in [3.05, 3.63) is 35.4 Å². The van der Waals surface area contributed by atoms with Crippen molar-refractivity contribution in [2.45, 2.75) is 98.1 Å². The Morgan fingerprint density at radius 3 is 2.16 bits per heavy atom. The van der Waals surface area contributed by atoms with Gasteiger partial charge in [-0.25, -0.2) is 0 Å². The third-order valence-electron chi connectivity index (χ3n) is 6.20. The fourth-order valence-electron chi connectivity index (χ4n) is 3.75. The number of carbonyl (C=O) groups excluding carboxylic acids is 1. The number of hydrogen-bond donors (Lipinski definition) is 3. The SMILES string of the molecule is CCCCNC(=O)C(C)C[C@H](O)[C@@H](N)C[C@H](Cc1ccc(C(C)(C)C)cc1)C(C)C.Cl. The Labute approximate surface area is 197 Å². The largest absolute Gasteiger partial charge is 0.391 e. The van der Waals surface area contributed by atoms with Gasteiger partial charge in [0.1, 0.15) is 0 Å². The number of aliphatic hydroxyl groups is 1. The standard InChI is InChI=1S/C26H46N2O2.ClH/c1-8-9-14-28-25(30)19(4)15-24(29)23(27)17-21(18(2)3)16-20-10-12-22(13-11-20)26(5,6)7;/h10-13,18-19,21,23-24,29H,8-9,14-17,27H2,1-7H3,(H,28,30);1H/t19?,21-,23-,24-;/m0./s1. The fraction of sp³-hybridized carbons (Fsp3) is 0.731. The fourth-order valence-corrected chi connectivity index (χ4v) is 3.75. The molecule has 1 aromatic carbocycles. The highest BCUT2D eigenvalue weighted by atomic mass is 35.5. The first-order valence-electron chi connectivity index (χ1n) is 11.8. The molecule has 0 saturated heterocycles. The summed E-state index contributed by atoms with van der Waals surface area (Å²) in [6, 6.07) is 8.57. The Morgan fingerprint density at radius 2 is 1.68 bits per heavy atom. The van der Waals surface area contributed by atoms with E-state index in [4.69, 9.17) is 5.73 Å². The normalized spacial score (nSPS) is 15.7. The first-order chi connectivity index (χ1) is 14.0. The molecule has 0 aliphatic carbocycles. The van der Waals surface area contributed by atoms with E-state index in [1.807, 2.05) is 6.92 Å². The zero-order valence-electron chi connectivity index (χ0n) is 20.8. The summed E-state index contributed by atoms with van der Waals surface area (Å²) in [7, 11) is 0. The Morgan fingerprint density at radius 1 is 1.10 bits per heavy atom. The molecule has 0 aliphatic rings. The predicted molar refractivity (Wildman–Crippen MR) is 135 cm³/mol. The first kappa shape index (κ1) is 29.9. The van der Waals surface area contributed by atoms with Crippen LogP contribution in [0.1, 0.15) is 85.3 Å². The minimum atomic E-state index is -0.665. The van der Waals surface area contributed by atoms with Gasteiger partial charge in [-0.15, -0.1) is 12.4 Å². The van der Waals surface area contributed by atoms with Crippen LogP contribution in [0.4, 0.5) is 0 Å². The number of hydrogen-bond acceptors (Lipinski definition) is 3. The average molecular weight is 455 g/mol. The molecule has 4 nitrogen and oxygen atoms in total. The van der Waals surface area contributed by atoms with Crippen LogP contribution in [0.3, 0.4) is 0 Å². The van der Waals surface area contributed by atoms with Crippen molar-refractivity contribution >= 4 is 18.3 Å². The maximum atomic E-state index is 12.2. The van der Waals surface area contributed by atoms with Crippen LogP contribution in [0, 0.1) is 17.8 Å². The zero-order chi connectivity index (χ0) is 22.9. The number of aliphatic hydroxyl groups excluding tert-OH is 1. The van der Waals surface area contributed by atoms with Gasteiger partial charge in [0.15, 0.2) is 0 Å². The van der Waals surface area contributed by atoms with E-state index in [-0.39, 0.29) is 35.7 Å². The lowest BCUT2D eigenvalue weighted by Crippen LogP contribution is -2.41. The van der Waals surface area contributed by atoms with Crippen LogP contribution in [0.15, 0.2) is 24.3 Å². The molecule has 0 bridgehead atoms. The van der Waals surface area contributed by atoms with E-state index >= 15 is 0 Å². The zero-order valence-corrected chi connectivity index (χ0v) is 21.6. The highest BCUT2D eigenvalue weighted by molar-refractivity contribution is 5.85. The highest BCUT2D eigenvalue weighted by Crippen LogP contribution is 2.26. The van der Waals surface area contributed by atoms with Crippen LogP contribution in [-0.2, 0) is 16.6 Å². The van der Waals surface area contributed by atoms with E-state index in [0.29, 0.717) is 24.8 Å². The lowest BCUT2D eigenvalue weighted by Gasteiger charge is -2.28. The molecule has 0 aliphatic heterocycles. The maximum Gasteiger partial charge on any atom is 0.222 e. The molecule has 4 atom stereocenters. The van der Waals surface area contributed by atoms with Crippen molar-refractivity contribution in [3.63, 3.8) is 0 Å². The van der Waals surface area contributed by atoms with Crippen molar-refractivity contribution in [3.8, 4) is 0 Å². The monoisotopic (exact) mass is 454 g/mol. The molecule has 1 unspecified atom stereocenters. The van der Waals surface area contributed by atoms with Gasteiger partial charge in [0.25, 0.3) is 0 Å². The van der Waals surface area contributed by atoms with Crippen molar-refractivity contribution in [2.75, 3.05) is 6.54 Å². The number of rotatable bonds is 12. The smallest absolute Gasteiger partial charge is 0.222 e. The molecular formula is C26H47ClN2O2. The molecule has 0 spiro atoms. The third-order valence-corrected chi connectivity index (χ3v) is 6.20. The molecule has 5 heteroatoms. The number of unbranched alkanes of at least 4 members (excludes halogenated alkanes) is 1. The van der Waals surface area contributed by atoms with E-state index < -0.39 is 6.10 Å². The van der Waals surface area contributed by atoms with Crippen molar-refractivity contribution < 1.29 is 9.90 Å². The first-order valence-corrected chi connectivity index (χ1v) is 11.8. The Hall–Kier alpha value is -1.10. The Bertz CT molecular complexity index is 625. The van der Waals surface area contributed by atoms with Gasteiger partial charge in [-0.05, 0) is 54.1 Å². The number of nitrogens with two attached hydrogens (primary N) is 1. The quantitative estimate of drug-likeness (QED) is 0.378. The molecule has 0 fully saturated rings. The van der Waals surface area contributed by atoms with E-state index in [1.54, 1.807) is 0 Å². The highest BCUT2D eigenvalue weighted by Gasteiger charge is 2.26. The summed E-state index contributed by atoms with van der Waals surface area (Å²) in [5.41, 5.74) is 9.18. The molecule has 1 rings (SSSR count). The Balaban J connectivity index is 0.00000900. The molecule has 4 N–H and O–H groups in total. The number of carbonyl (C=O) groups is 1. The van der Waals surface area contributed by atoms with E-state index in [1.165, 1.54) is 11.1 Å². The molecule has 31 heavy (non-hydrogen) atoms. The average Bonchev–Trinajstić information content (AvgIpc) is 2.66. The summed E-state index contributed by atoms with van der Waals surface area (Å²) < 4.78 is 0. The Kier molecular flexibility index (Phi) is 13.6. The van der Waals surface area contributed by atoms with Crippen molar-refractivity contribution in [2.24, 2.45) is 23.5 Å². The van der Waals surface area contributed by atoms with Gasteiger partial charge >= 0.3 is 0 Å². The van der Waals surface area contributed by atoms with Gasteiger partial charge < -0.3 is 16.2 Å². The van der Waals surface area contributed by atoms with Crippen LogP contribution < -0.4 is 11.1 Å². The number of nitrogens with one attached hydrogen (secondary N) is 1. The summed E-state index contributed by atoms with van der Waals surface area (Å²) in [5, 5.41) is 13.6. The summed E-state index contributed by atoms with van der Waals surface area (Å²) in [5.74, 6) is 0.642. The number of amides is 1. The maximum absolute atomic E-state index is 12.2. The molecule has 1 amide bonds. The predicted octanol–water partition coefficient (Wildman–Crippen LogP) is 5.24. The minimum absolute atomic E-state index is 0. The van der Waals surface area contributed by atoms with Crippen LogP contribution in [0.25, 0.3) is 0 Å². The molecule has 1 aromatic rings. The minimum Gasteiger partial charge on any atom is -0.391 e. The van der Waals surface area contributed by atoms with Crippen LogP contribution in [0.5, 0.6) is 0 Å². The number of halogens is 1. The topological polar surface area (TPSA) is 75.3 Å². The molecule has 0 heterocycles. The summed E-state index contributed by atoms with van der Waals surface area (Å²) >= 11 is 0. The van der Waals surface area contributed by atoms with Gasteiger partial charge in [0, 0.05) is 18.5 Å². The molecule has 0 aromatic heterocycles. The lowest BCUT2D eigenvalue weighted by atomic mass is 9.81. The van der Waals surface area contributed by atoms with Crippen molar-refractivity contribution in [1.29, 1.82) is 0 Å². The van der Waals surface area contributed by atoms with Crippen LogP contribution >= 0.6 is 12.4 Å². The second-order valence-corrected chi connectivity index (χ2v) is 10.4. The lowest BCUT2D eigenvalue weighted by molar-refractivity contribution is -0.125. The van der Waals surface area contributed by atoms with E-state index in [9.17, 15) is 9.90 Å². The second kappa shape index (κ2) is 14.1. The molecule has 0 saturated carbocycles. The molecule has 180 valence electrons. The van der Waals surface area contributed by atoms with Crippen LogP contribution in [-0.4, -0.2) is 29.7 Å². The van der Waals surface area contributed by atoms with Gasteiger partial charge in [0.2, 0.25) is 5.91 Å². The molecular weight excluding hydrogens is 408 g/mol. The van der Waals surface area contributed by atoms with E-state index in [2.05, 4.69) is 71.1 Å². The summed E-state index contributed by atoms with van der Waals surface area (Å²) in [4.78, 5) is 12.2. The van der Waals surface area contributed by atoms with Crippen molar-refractivity contribution in [1.82, 2.24) is 5.32 Å². The third kappa shape index (κ3) is 10.9. The van der Waals surface area contributed by atoms with Gasteiger partial charge in [-0.3, -0.25) is 4.79 Å². The summed E-state index contributed by atoms with van der Waals surface area (Å²) in [6.07, 6.45) is 3.48. The van der Waals surface area contributed by atoms with E-state index in [0.717, 1.165) is 25.7 Å². The van der Waals surface area contributed by atoms with Crippen LogP contribution in [0.2, 0.25) is 0 Å². The van der Waals surface area contributed by atoms with Gasteiger partial charge in [-0.2, -0.15) is 0 Å². The van der Waals surface area contributed by atoms with Gasteiger partial charge in [-0.1, -0.05) is 79.2 Å². The summed E-state index contributed by atoms with van der Waals surface area (Å²) in [6.45, 7) is 15.8.